The molecule has 8 nitrogen and oxygen atoms in total. The first-order valence-electron chi connectivity index (χ1n) is 8.33. The van der Waals surface area contributed by atoms with E-state index in [4.69, 9.17) is 21.4 Å². The zero-order valence-electron chi connectivity index (χ0n) is 15.1. The van der Waals surface area contributed by atoms with Crippen LogP contribution in [0.15, 0.2) is 71.6 Å². The second kappa shape index (κ2) is 8.44. The summed E-state index contributed by atoms with van der Waals surface area (Å²) in [6, 6.07) is 15.1. The number of sulfonamides is 1. The number of rotatable bonds is 7. The summed E-state index contributed by atoms with van der Waals surface area (Å²) in [7, 11) is -3.94. The average Bonchev–Trinajstić information content (AvgIpc) is 2.69. The molecule has 0 aliphatic rings. The van der Waals surface area contributed by atoms with Gasteiger partial charge in [0, 0.05) is 5.02 Å². The van der Waals surface area contributed by atoms with Crippen LogP contribution >= 0.6 is 11.6 Å². The highest BCUT2D eigenvalue weighted by Crippen LogP contribution is 2.32. The van der Waals surface area contributed by atoms with Crippen LogP contribution in [0.2, 0.25) is 5.02 Å². The predicted molar refractivity (Wildman–Crippen MR) is 109 cm³/mol. The van der Waals surface area contributed by atoms with E-state index >= 15 is 0 Å². The fourth-order valence-electron chi connectivity index (χ4n) is 2.53. The lowest BCUT2D eigenvalue weighted by molar-refractivity contribution is 0.0651. The fraction of sp³-hybridized carbons (Fsp3) is 0. The molecule has 0 aromatic heterocycles. The van der Waals surface area contributed by atoms with Crippen LogP contribution in [0.4, 0.5) is 5.69 Å². The van der Waals surface area contributed by atoms with Crippen LogP contribution in [-0.2, 0) is 10.0 Å². The number of anilines is 1. The number of benzene rings is 3. The van der Waals surface area contributed by atoms with Gasteiger partial charge in [0.25, 0.3) is 10.0 Å². The number of carbonyl (C=O) groups is 2. The number of carboxylic acid groups (broad SMARTS) is 2. The first kappa shape index (κ1) is 21.2. The van der Waals surface area contributed by atoms with E-state index in [0.29, 0.717) is 5.02 Å². The van der Waals surface area contributed by atoms with E-state index in [0.717, 1.165) is 12.1 Å². The van der Waals surface area contributed by atoms with Crippen molar-refractivity contribution in [3.63, 3.8) is 0 Å². The van der Waals surface area contributed by atoms with Crippen molar-refractivity contribution in [2.24, 2.45) is 0 Å². The van der Waals surface area contributed by atoms with E-state index in [9.17, 15) is 23.1 Å². The summed E-state index contributed by atoms with van der Waals surface area (Å²) in [5.41, 5.74) is -0.752. The standard InChI is InChI=1S/C20H14ClNO7S/c21-12-5-8-14(9-6-12)30(27,28)22-17-3-1-2-4-18(17)29-13-7-10-15(19(23)24)16(11-13)20(25)26/h1-11,22H,(H,23,24)(H,25,26). The molecular weight excluding hydrogens is 434 g/mol. The molecule has 0 amide bonds. The minimum atomic E-state index is -3.94. The molecule has 30 heavy (non-hydrogen) atoms. The molecule has 0 bridgehead atoms. The second-order valence-corrected chi connectivity index (χ2v) is 8.09. The summed E-state index contributed by atoms with van der Waals surface area (Å²) >= 11 is 5.79. The Morgan fingerprint density at radius 2 is 1.50 bits per heavy atom. The molecule has 0 unspecified atom stereocenters. The Morgan fingerprint density at radius 3 is 2.13 bits per heavy atom. The summed E-state index contributed by atoms with van der Waals surface area (Å²) in [6.07, 6.45) is 0. The Morgan fingerprint density at radius 1 is 0.867 bits per heavy atom. The Bertz CT molecular complexity index is 1220. The molecule has 10 heteroatoms. The van der Waals surface area contributed by atoms with Gasteiger partial charge in [-0.3, -0.25) is 4.72 Å². The minimum absolute atomic E-state index is 0.0133. The summed E-state index contributed by atoms with van der Waals surface area (Å²) in [5.74, 6) is -2.71. The van der Waals surface area contributed by atoms with E-state index in [1.54, 1.807) is 12.1 Å². The Hall–Kier alpha value is -3.56. The van der Waals surface area contributed by atoms with Crippen molar-refractivity contribution in [3.8, 4) is 11.5 Å². The lowest BCUT2D eigenvalue weighted by Gasteiger charge is -2.14. The lowest BCUT2D eigenvalue weighted by atomic mass is 10.1. The van der Waals surface area contributed by atoms with Crippen LogP contribution in [0, 0.1) is 0 Å². The lowest BCUT2D eigenvalue weighted by Crippen LogP contribution is -2.13. The Labute approximate surface area is 176 Å². The van der Waals surface area contributed by atoms with Gasteiger partial charge in [-0.2, -0.15) is 0 Å². The number of aromatic carboxylic acids is 2. The minimum Gasteiger partial charge on any atom is -0.478 e. The van der Waals surface area contributed by atoms with E-state index in [2.05, 4.69) is 4.72 Å². The fourth-order valence-corrected chi connectivity index (χ4v) is 3.73. The molecule has 3 aromatic rings. The second-order valence-electron chi connectivity index (χ2n) is 5.98. The number of hydrogen-bond donors (Lipinski definition) is 3. The van der Waals surface area contributed by atoms with Crippen molar-refractivity contribution in [2.45, 2.75) is 4.90 Å². The smallest absolute Gasteiger partial charge is 0.336 e. The van der Waals surface area contributed by atoms with Crippen LogP contribution in [0.25, 0.3) is 0 Å². The van der Waals surface area contributed by atoms with Crippen molar-refractivity contribution in [1.82, 2.24) is 0 Å². The Balaban J connectivity index is 1.93. The van der Waals surface area contributed by atoms with Crippen LogP contribution in [0.1, 0.15) is 20.7 Å². The summed E-state index contributed by atoms with van der Waals surface area (Å²) in [4.78, 5) is 22.5. The third kappa shape index (κ3) is 4.70. The predicted octanol–water partition coefficient (Wildman–Crippen LogP) is 4.33. The molecule has 0 saturated carbocycles. The van der Waals surface area contributed by atoms with Crippen LogP contribution in [0.5, 0.6) is 11.5 Å². The first-order chi connectivity index (χ1) is 14.2. The molecule has 0 spiro atoms. The molecule has 3 aromatic carbocycles. The number of nitrogens with one attached hydrogen (secondary N) is 1. The molecule has 3 N–H and O–H groups in total. The maximum atomic E-state index is 12.6. The highest BCUT2D eigenvalue weighted by molar-refractivity contribution is 7.92. The normalized spacial score (nSPS) is 11.0. The van der Waals surface area contributed by atoms with Gasteiger partial charge in [-0.15, -0.1) is 0 Å². The van der Waals surface area contributed by atoms with Gasteiger partial charge in [0.05, 0.1) is 21.7 Å². The molecule has 154 valence electrons. The summed E-state index contributed by atoms with van der Waals surface area (Å²) < 4.78 is 33.3. The number of hydrogen-bond acceptors (Lipinski definition) is 5. The molecule has 0 saturated heterocycles. The third-order valence-corrected chi connectivity index (χ3v) is 5.57. The highest BCUT2D eigenvalue weighted by atomic mass is 35.5. The summed E-state index contributed by atoms with van der Waals surface area (Å²) in [5, 5.41) is 18.7. The van der Waals surface area contributed by atoms with Gasteiger partial charge >= 0.3 is 11.9 Å². The number of ether oxygens (including phenoxy) is 1. The Kier molecular flexibility index (Phi) is 5.95. The van der Waals surface area contributed by atoms with Crippen molar-refractivity contribution in [2.75, 3.05) is 4.72 Å². The number of para-hydroxylation sites is 2. The largest absolute Gasteiger partial charge is 0.478 e. The average molecular weight is 448 g/mol. The van der Waals surface area contributed by atoms with Gasteiger partial charge in [0.2, 0.25) is 0 Å². The van der Waals surface area contributed by atoms with E-state index in [1.807, 2.05) is 0 Å². The third-order valence-electron chi connectivity index (χ3n) is 3.93. The zero-order chi connectivity index (χ0) is 21.9. The van der Waals surface area contributed by atoms with Crippen molar-refractivity contribution in [3.05, 3.63) is 82.9 Å². The maximum Gasteiger partial charge on any atom is 0.336 e. The van der Waals surface area contributed by atoms with Gasteiger partial charge in [0.1, 0.15) is 5.75 Å². The SMILES string of the molecule is O=C(O)c1ccc(Oc2ccccc2NS(=O)(=O)c2ccc(Cl)cc2)cc1C(=O)O. The van der Waals surface area contributed by atoms with Crippen LogP contribution < -0.4 is 9.46 Å². The van der Waals surface area contributed by atoms with Crippen molar-refractivity contribution < 1.29 is 33.0 Å². The van der Waals surface area contributed by atoms with E-state index < -0.39 is 33.1 Å². The molecule has 0 aliphatic carbocycles. The van der Waals surface area contributed by atoms with E-state index in [-0.39, 0.29) is 22.1 Å². The van der Waals surface area contributed by atoms with Gasteiger partial charge in [-0.05, 0) is 54.6 Å². The zero-order valence-corrected chi connectivity index (χ0v) is 16.6. The maximum absolute atomic E-state index is 12.6. The quantitative estimate of drug-likeness (QED) is 0.491. The number of halogens is 1. The van der Waals surface area contributed by atoms with Gasteiger partial charge < -0.3 is 14.9 Å². The molecule has 0 radical (unpaired) electrons. The van der Waals surface area contributed by atoms with Gasteiger partial charge in [-0.1, -0.05) is 23.7 Å². The molecule has 0 atom stereocenters. The van der Waals surface area contributed by atoms with Gasteiger partial charge in [-0.25, -0.2) is 18.0 Å². The highest BCUT2D eigenvalue weighted by Gasteiger charge is 2.19. The summed E-state index contributed by atoms with van der Waals surface area (Å²) in [6.45, 7) is 0. The van der Waals surface area contributed by atoms with Gasteiger partial charge in [0.15, 0.2) is 5.75 Å². The molecule has 0 aliphatic heterocycles. The van der Waals surface area contributed by atoms with E-state index in [1.165, 1.54) is 42.5 Å². The first-order valence-corrected chi connectivity index (χ1v) is 10.2. The molecular formula is C20H14ClNO7S. The van der Waals surface area contributed by atoms with Crippen molar-refractivity contribution >= 4 is 39.3 Å². The number of carboxylic acids is 2. The molecule has 0 fully saturated rings. The van der Waals surface area contributed by atoms with Crippen molar-refractivity contribution in [1.29, 1.82) is 0 Å². The topological polar surface area (TPSA) is 130 Å². The molecule has 3 rings (SSSR count). The van der Waals surface area contributed by atoms with Crippen LogP contribution in [0.3, 0.4) is 0 Å². The molecule has 0 heterocycles. The monoisotopic (exact) mass is 447 g/mol. The van der Waals surface area contributed by atoms with Crippen LogP contribution in [-0.4, -0.2) is 30.6 Å².